The van der Waals surface area contributed by atoms with E-state index in [0.717, 1.165) is 39.8 Å². The summed E-state index contributed by atoms with van der Waals surface area (Å²) in [6.07, 6.45) is 6.23. The van der Waals surface area contributed by atoms with Crippen molar-refractivity contribution in [2.45, 2.75) is 13.1 Å². The lowest BCUT2D eigenvalue weighted by Crippen LogP contribution is -2.21. The van der Waals surface area contributed by atoms with Crippen LogP contribution in [0, 0.1) is 0 Å². The summed E-state index contributed by atoms with van der Waals surface area (Å²) in [5.74, 6) is 1.28. The maximum atomic E-state index is 11.6. The molecule has 0 aliphatic rings. The molecule has 0 aliphatic heterocycles. The van der Waals surface area contributed by atoms with Gasteiger partial charge in [-0.3, -0.25) is 9.97 Å². The SMILES string of the molecule is CN(Cc1ccccn1)c1nc(-c2cncc(CNS(C)(=O)=O)c2)nc2cccc(-c3ccccc3)c12. The smallest absolute Gasteiger partial charge is 0.209 e. The molecule has 0 unspecified atom stereocenters. The average molecular weight is 511 g/mol. The quantitative estimate of drug-likeness (QED) is 0.329. The third-order valence-electron chi connectivity index (χ3n) is 5.87. The van der Waals surface area contributed by atoms with Gasteiger partial charge in [-0.05, 0) is 41.0 Å². The zero-order valence-corrected chi connectivity index (χ0v) is 21.4. The first kappa shape index (κ1) is 24.5. The van der Waals surface area contributed by atoms with Crippen molar-refractivity contribution in [1.29, 1.82) is 0 Å². The Labute approximate surface area is 216 Å². The molecule has 37 heavy (non-hydrogen) atoms. The van der Waals surface area contributed by atoms with Crippen LogP contribution < -0.4 is 9.62 Å². The number of rotatable bonds is 8. The molecule has 0 saturated heterocycles. The zero-order valence-electron chi connectivity index (χ0n) is 20.5. The molecule has 0 aliphatic carbocycles. The van der Waals surface area contributed by atoms with E-state index >= 15 is 0 Å². The van der Waals surface area contributed by atoms with Crippen LogP contribution in [0.2, 0.25) is 0 Å². The van der Waals surface area contributed by atoms with Gasteiger partial charge in [0.25, 0.3) is 0 Å². The van der Waals surface area contributed by atoms with Crippen molar-refractivity contribution in [3.63, 3.8) is 0 Å². The fourth-order valence-corrected chi connectivity index (χ4v) is 4.59. The second-order valence-corrected chi connectivity index (χ2v) is 10.6. The molecule has 186 valence electrons. The molecule has 9 heteroatoms. The molecule has 0 fully saturated rings. The second kappa shape index (κ2) is 10.4. The van der Waals surface area contributed by atoms with E-state index in [1.54, 1.807) is 18.6 Å². The highest BCUT2D eigenvalue weighted by atomic mass is 32.2. The number of hydrogen-bond donors (Lipinski definition) is 1. The van der Waals surface area contributed by atoms with Crippen molar-refractivity contribution in [1.82, 2.24) is 24.7 Å². The van der Waals surface area contributed by atoms with Gasteiger partial charge in [-0.1, -0.05) is 48.5 Å². The molecule has 0 amide bonds. The number of aromatic nitrogens is 4. The summed E-state index contributed by atoms with van der Waals surface area (Å²) < 4.78 is 25.6. The summed E-state index contributed by atoms with van der Waals surface area (Å²) in [4.78, 5) is 20.8. The fraction of sp³-hybridized carbons (Fsp3) is 0.143. The van der Waals surface area contributed by atoms with E-state index in [4.69, 9.17) is 9.97 Å². The van der Waals surface area contributed by atoms with Crippen LogP contribution in [0.15, 0.2) is 91.4 Å². The minimum absolute atomic E-state index is 0.137. The van der Waals surface area contributed by atoms with Gasteiger partial charge in [-0.2, -0.15) is 0 Å². The van der Waals surface area contributed by atoms with Gasteiger partial charge in [-0.25, -0.2) is 23.1 Å². The Morgan fingerprint density at radius 1 is 0.892 bits per heavy atom. The summed E-state index contributed by atoms with van der Waals surface area (Å²) in [5.41, 5.74) is 5.25. The van der Waals surface area contributed by atoms with Gasteiger partial charge in [0.05, 0.1) is 29.4 Å². The van der Waals surface area contributed by atoms with Gasteiger partial charge in [0, 0.05) is 37.7 Å². The first-order chi connectivity index (χ1) is 17.9. The van der Waals surface area contributed by atoms with Crippen LogP contribution in [0.4, 0.5) is 5.82 Å². The number of benzene rings is 2. The Balaban J connectivity index is 1.65. The summed E-state index contributed by atoms with van der Waals surface area (Å²) in [6.45, 7) is 0.698. The third-order valence-corrected chi connectivity index (χ3v) is 6.54. The van der Waals surface area contributed by atoms with Crippen LogP contribution in [0.25, 0.3) is 33.4 Å². The Kier molecular flexibility index (Phi) is 6.89. The van der Waals surface area contributed by atoms with E-state index in [0.29, 0.717) is 23.5 Å². The van der Waals surface area contributed by atoms with Gasteiger partial charge in [-0.15, -0.1) is 0 Å². The Bertz CT molecular complexity index is 1640. The van der Waals surface area contributed by atoms with Gasteiger partial charge in [0.2, 0.25) is 10.0 Å². The number of fused-ring (bicyclic) bond motifs is 1. The molecular weight excluding hydrogens is 484 g/mol. The van der Waals surface area contributed by atoms with E-state index in [9.17, 15) is 8.42 Å². The largest absolute Gasteiger partial charge is 0.353 e. The monoisotopic (exact) mass is 510 g/mol. The van der Waals surface area contributed by atoms with Crippen molar-refractivity contribution in [2.75, 3.05) is 18.2 Å². The van der Waals surface area contributed by atoms with Gasteiger partial charge >= 0.3 is 0 Å². The molecule has 0 bridgehead atoms. The Hall–Kier alpha value is -4.21. The van der Waals surface area contributed by atoms with Crippen molar-refractivity contribution in [3.05, 3.63) is 103 Å². The number of anilines is 1. The van der Waals surface area contributed by atoms with E-state index in [1.165, 1.54) is 0 Å². The highest BCUT2D eigenvalue weighted by molar-refractivity contribution is 7.88. The van der Waals surface area contributed by atoms with Crippen LogP contribution in [0.5, 0.6) is 0 Å². The number of pyridine rings is 2. The molecule has 0 spiro atoms. The van der Waals surface area contributed by atoms with Crippen molar-refractivity contribution < 1.29 is 8.42 Å². The van der Waals surface area contributed by atoms with E-state index < -0.39 is 10.0 Å². The normalized spacial score (nSPS) is 11.5. The lowest BCUT2D eigenvalue weighted by molar-refractivity contribution is 0.587. The molecule has 0 saturated carbocycles. The highest BCUT2D eigenvalue weighted by Gasteiger charge is 2.18. The maximum absolute atomic E-state index is 11.6. The molecule has 1 N–H and O–H groups in total. The fourth-order valence-electron chi connectivity index (χ4n) is 4.16. The topological polar surface area (TPSA) is 101 Å². The second-order valence-electron chi connectivity index (χ2n) is 8.79. The highest BCUT2D eigenvalue weighted by Crippen LogP contribution is 2.35. The van der Waals surface area contributed by atoms with Crippen LogP contribution >= 0.6 is 0 Å². The molecular formula is C28H26N6O2S. The average Bonchev–Trinajstić information content (AvgIpc) is 2.92. The van der Waals surface area contributed by atoms with E-state index in [-0.39, 0.29) is 6.54 Å². The molecule has 5 aromatic rings. The van der Waals surface area contributed by atoms with E-state index in [2.05, 4.69) is 37.8 Å². The molecule has 5 rings (SSSR count). The zero-order chi connectivity index (χ0) is 25.8. The number of sulfonamides is 1. The maximum Gasteiger partial charge on any atom is 0.209 e. The molecule has 3 aromatic heterocycles. The van der Waals surface area contributed by atoms with Crippen molar-refractivity contribution in [2.24, 2.45) is 0 Å². The predicted octanol–water partition coefficient (Wildman–Crippen LogP) is 4.44. The number of nitrogens with zero attached hydrogens (tertiary/aromatic N) is 5. The summed E-state index contributed by atoms with van der Waals surface area (Å²) in [5, 5.41) is 0.943. The van der Waals surface area contributed by atoms with Gasteiger partial charge in [0.15, 0.2) is 5.82 Å². The molecule has 8 nitrogen and oxygen atoms in total. The van der Waals surface area contributed by atoms with Crippen LogP contribution in [0.3, 0.4) is 0 Å². The standard InChI is InChI=1S/C28H26N6O2S/c1-34(19-23-11-6-7-14-30-23)28-26-24(21-9-4-3-5-10-21)12-8-13-25(26)32-27(33-28)22-15-20(16-29-18-22)17-31-37(2,35)36/h3-16,18,31H,17,19H2,1-2H3. The summed E-state index contributed by atoms with van der Waals surface area (Å²) in [7, 11) is -1.34. The van der Waals surface area contributed by atoms with Crippen molar-refractivity contribution >= 4 is 26.7 Å². The van der Waals surface area contributed by atoms with Crippen LogP contribution in [0.1, 0.15) is 11.3 Å². The molecule has 0 radical (unpaired) electrons. The van der Waals surface area contributed by atoms with Crippen molar-refractivity contribution in [3.8, 4) is 22.5 Å². The Morgan fingerprint density at radius 3 is 2.46 bits per heavy atom. The third kappa shape index (κ3) is 5.79. The minimum Gasteiger partial charge on any atom is -0.353 e. The predicted molar refractivity (Wildman–Crippen MR) is 146 cm³/mol. The lowest BCUT2D eigenvalue weighted by Gasteiger charge is -2.22. The first-order valence-corrected chi connectivity index (χ1v) is 13.6. The Morgan fingerprint density at radius 2 is 1.70 bits per heavy atom. The van der Waals surface area contributed by atoms with E-state index in [1.807, 2.05) is 61.6 Å². The van der Waals surface area contributed by atoms with Gasteiger partial charge in [0.1, 0.15) is 5.82 Å². The van der Waals surface area contributed by atoms with Crippen LogP contribution in [-0.4, -0.2) is 41.7 Å². The van der Waals surface area contributed by atoms with Crippen LogP contribution in [-0.2, 0) is 23.1 Å². The molecule has 2 aromatic carbocycles. The van der Waals surface area contributed by atoms with Gasteiger partial charge < -0.3 is 4.90 Å². The number of hydrogen-bond acceptors (Lipinski definition) is 7. The molecule has 0 atom stereocenters. The summed E-state index contributed by atoms with van der Waals surface area (Å²) >= 11 is 0. The minimum atomic E-state index is -3.33. The summed E-state index contributed by atoms with van der Waals surface area (Å²) in [6, 6.07) is 23.9. The molecule has 3 heterocycles. The number of nitrogens with one attached hydrogen (secondary N) is 1. The first-order valence-electron chi connectivity index (χ1n) is 11.7. The lowest BCUT2D eigenvalue weighted by atomic mass is 10.0.